The van der Waals surface area contributed by atoms with Crippen LogP contribution < -0.4 is 11.1 Å². The predicted octanol–water partition coefficient (Wildman–Crippen LogP) is 1.54. The van der Waals surface area contributed by atoms with Crippen LogP contribution in [0.25, 0.3) is 0 Å². The van der Waals surface area contributed by atoms with Crippen LogP contribution in [0.5, 0.6) is 0 Å². The smallest absolute Gasteiger partial charge is 0.194 e. The minimum absolute atomic E-state index is 0.00230. The van der Waals surface area contributed by atoms with E-state index in [1.807, 2.05) is 6.92 Å². The molecule has 3 N–H and O–H groups in total. The Morgan fingerprint density at radius 3 is 2.53 bits per heavy atom. The highest BCUT2D eigenvalue weighted by Gasteiger charge is 2.13. The third-order valence-corrected chi connectivity index (χ3v) is 2.11. The Balaban J connectivity index is 2.74. The van der Waals surface area contributed by atoms with Crippen LogP contribution in [-0.4, -0.2) is 12.6 Å². The highest BCUT2D eigenvalue weighted by molar-refractivity contribution is 5.20. The molecule has 0 saturated carbocycles. The van der Waals surface area contributed by atoms with Gasteiger partial charge in [-0.2, -0.15) is 0 Å². The molecule has 1 atom stereocenters. The van der Waals surface area contributed by atoms with E-state index in [4.69, 9.17) is 5.73 Å². The van der Waals surface area contributed by atoms with E-state index in [-0.39, 0.29) is 18.2 Å². The van der Waals surface area contributed by atoms with Gasteiger partial charge in [-0.3, -0.25) is 0 Å². The highest BCUT2D eigenvalue weighted by atomic mass is 19.2. The molecule has 1 aromatic rings. The summed E-state index contributed by atoms with van der Waals surface area (Å²) in [4.78, 5) is 0. The number of benzene rings is 1. The fourth-order valence-electron chi connectivity index (χ4n) is 1.07. The van der Waals surface area contributed by atoms with Gasteiger partial charge in [0.05, 0.1) is 0 Å². The molecule has 15 heavy (non-hydrogen) atoms. The second-order valence-electron chi connectivity index (χ2n) is 3.35. The lowest BCUT2D eigenvalue weighted by Gasteiger charge is -2.11. The summed E-state index contributed by atoms with van der Waals surface area (Å²) in [5.41, 5.74) is 5.43. The maximum absolute atomic E-state index is 13.1. The predicted molar refractivity (Wildman–Crippen MR) is 51.7 cm³/mol. The number of nitrogens with two attached hydrogens (primary N) is 1. The molecular formula is C10H13F3N2. The quantitative estimate of drug-likeness (QED) is 0.752. The van der Waals surface area contributed by atoms with Gasteiger partial charge in [0.15, 0.2) is 17.5 Å². The van der Waals surface area contributed by atoms with E-state index in [0.717, 1.165) is 6.07 Å². The normalized spacial score (nSPS) is 12.9. The van der Waals surface area contributed by atoms with Gasteiger partial charge in [0.1, 0.15) is 0 Å². The molecule has 0 saturated heterocycles. The maximum Gasteiger partial charge on any atom is 0.194 e. The standard InChI is InChI=1S/C10H13F3N2/c1-6(4-14)15-5-7-2-3-8(11)10(13)9(7)12/h2-3,6,15H,4-5,14H2,1H3/t6-/m1/s1. The van der Waals surface area contributed by atoms with E-state index in [2.05, 4.69) is 5.32 Å². The minimum Gasteiger partial charge on any atom is -0.329 e. The number of hydrogen-bond acceptors (Lipinski definition) is 2. The molecule has 0 aliphatic heterocycles. The van der Waals surface area contributed by atoms with Gasteiger partial charge in [-0.15, -0.1) is 0 Å². The first-order valence-electron chi connectivity index (χ1n) is 4.62. The third kappa shape index (κ3) is 2.94. The van der Waals surface area contributed by atoms with E-state index < -0.39 is 17.5 Å². The minimum atomic E-state index is -1.44. The zero-order valence-electron chi connectivity index (χ0n) is 8.36. The maximum atomic E-state index is 13.1. The molecule has 0 aliphatic rings. The molecule has 0 bridgehead atoms. The summed E-state index contributed by atoms with van der Waals surface area (Å²) in [6.45, 7) is 2.34. The van der Waals surface area contributed by atoms with E-state index in [1.165, 1.54) is 6.07 Å². The summed E-state index contributed by atoms with van der Waals surface area (Å²) in [5, 5.41) is 2.88. The summed E-state index contributed by atoms with van der Waals surface area (Å²) >= 11 is 0. The summed E-state index contributed by atoms with van der Waals surface area (Å²) in [6, 6.07) is 2.12. The molecule has 0 fully saturated rings. The molecule has 0 unspecified atom stereocenters. The van der Waals surface area contributed by atoms with Gasteiger partial charge in [-0.1, -0.05) is 6.07 Å². The van der Waals surface area contributed by atoms with Crippen LogP contribution in [0, 0.1) is 17.5 Å². The van der Waals surface area contributed by atoms with Gasteiger partial charge in [-0.25, -0.2) is 13.2 Å². The molecule has 0 heterocycles. The molecule has 0 aromatic heterocycles. The summed E-state index contributed by atoms with van der Waals surface area (Å²) in [6.07, 6.45) is 0. The first kappa shape index (κ1) is 12.0. The number of nitrogens with one attached hydrogen (secondary N) is 1. The van der Waals surface area contributed by atoms with Gasteiger partial charge in [0.25, 0.3) is 0 Å². The molecule has 2 nitrogen and oxygen atoms in total. The van der Waals surface area contributed by atoms with Gasteiger partial charge >= 0.3 is 0 Å². The van der Waals surface area contributed by atoms with Crippen molar-refractivity contribution in [1.29, 1.82) is 0 Å². The van der Waals surface area contributed by atoms with Gasteiger partial charge < -0.3 is 11.1 Å². The molecule has 5 heteroatoms. The molecule has 1 rings (SSSR count). The topological polar surface area (TPSA) is 38.0 Å². The van der Waals surface area contributed by atoms with Crippen molar-refractivity contribution in [2.45, 2.75) is 19.5 Å². The molecule has 1 aromatic carbocycles. The van der Waals surface area contributed by atoms with Crippen LogP contribution >= 0.6 is 0 Å². The Labute approximate surface area is 86.3 Å². The van der Waals surface area contributed by atoms with Gasteiger partial charge in [-0.05, 0) is 13.0 Å². The Kier molecular flexibility index (Phi) is 4.11. The summed E-state index contributed by atoms with van der Waals surface area (Å²) < 4.78 is 38.5. The monoisotopic (exact) mass is 218 g/mol. The fourth-order valence-corrected chi connectivity index (χ4v) is 1.07. The van der Waals surface area contributed by atoms with Crippen molar-refractivity contribution in [1.82, 2.24) is 5.32 Å². The first-order chi connectivity index (χ1) is 7.06. The average molecular weight is 218 g/mol. The lowest BCUT2D eigenvalue weighted by atomic mass is 10.2. The van der Waals surface area contributed by atoms with Crippen LogP contribution in [0.1, 0.15) is 12.5 Å². The molecule has 0 amide bonds. The Morgan fingerprint density at radius 1 is 1.27 bits per heavy atom. The lowest BCUT2D eigenvalue weighted by Crippen LogP contribution is -2.32. The number of hydrogen-bond donors (Lipinski definition) is 2. The van der Waals surface area contributed by atoms with Gasteiger partial charge in [0.2, 0.25) is 0 Å². The highest BCUT2D eigenvalue weighted by Crippen LogP contribution is 2.14. The SMILES string of the molecule is C[C@H](CN)NCc1ccc(F)c(F)c1F. The van der Waals surface area contributed by atoms with Gasteiger partial charge in [0, 0.05) is 24.7 Å². The van der Waals surface area contributed by atoms with Crippen molar-refractivity contribution in [3.63, 3.8) is 0 Å². The second-order valence-corrected chi connectivity index (χ2v) is 3.35. The molecule has 0 aliphatic carbocycles. The second kappa shape index (κ2) is 5.14. The van der Waals surface area contributed by atoms with Crippen molar-refractivity contribution >= 4 is 0 Å². The average Bonchev–Trinajstić information content (AvgIpc) is 2.24. The third-order valence-electron chi connectivity index (χ3n) is 2.11. The van der Waals surface area contributed by atoms with Crippen molar-refractivity contribution in [2.75, 3.05) is 6.54 Å². The molecule has 0 radical (unpaired) electrons. The van der Waals surface area contributed by atoms with Crippen LogP contribution in [-0.2, 0) is 6.54 Å². The molecule has 84 valence electrons. The molecule has 0 spiro atoms. The van der Waals surface area contributed by atoms with Crippen molar-refractivity contribution in [3.8, 4) is 0 Å². The van der Waals surface area contributed by atoms with E-state index in [9.17, 15) is 13.2 Å². The Morgan fingerprint density at radius 2 is 1.93 bits per heavy atom. The Bertz CT molecular complexity index is 342. The van der Waals surface area contributed by atoms with Crippen molar-refractivity contribution in [3.05, 3.63) is 35.1 Å². The summed E-state index contributed by atoms with van der Waals surface area (Å²) in [5.74, 6) is -3.76. The first-order valence-corrected chi connectivity index (χ1v) is 4.62. The fraction of sp³-hybridized carbons (Fsp3) is 0.400. The molecular weight excluding hydrogens is 205 g/mol. The van der Waals surface area contributed by atoms with Crippen LogP contribution in [0.3, 0.4) is 0 Å². The van der Waals surface area contributed by atoms with Crippen LogP contribution in [0.15, 0.2) is 12.1 Å². The largest absolute Gasteiger partial charge is 0.329 e. The van der Waals surface area contributed by atoms with Crippen molar-refractivity contribution < 1.29 is 13.2 Å². The van der Waals surface area contributed by atoms with Crippen LogP contribution in [0.2, 0.25) is 0 Å². The van der Waals surface area contributed by atoms with Crippen LogP contribution in [0.4, 0.5) is 13.2 Å². The van der Waals surface area contributed by atoms with E-state index in [0.29, 0.717) is 6.54 Å². The lowest BCUT2D eigenvalue weighted by molar-refractivity contribution is 0.435. The van der Waals surface area contributed by atoms with E-state index in [1.54, 1.807) is 0 Å². The van der Waals surface area contributed by atoms with Crippen molar-refractivity contribution in [2.24, 2.45) is 5.73 Å². The van der Waals surface area contributed by atoms with E-state index >= 15 is 0 Å². The summed E-state index contributed by atoms with van der Waals surface area (Å²) in [7, 11) is 0. The Hall–Kier alpha value is -1.07. The number of rotatable bonds is 4. The number of halogens is 3. The zero-order valence-corrected chi connectivity index (χ0v) is 8.36. The zero-order chi connectivity index (χ0) is 11.4.